The Morgan fingerprint density at radius 1 is 1.39 bits per heavy atom. The van der Waals surface area contributed by atoms with Gasteiger partial charge in [0.25, 0.3) is 0 Å². The summed E-state index contributed by atoms with van der Waals surface area (Å²) in [5.74, 6) is -0.556. The van der Waals surface area contributed by atoms with Gasteiger partial charge >= 0.3 is 5.97 Å². The van der Waals surface area contributed by atoms with Crippen LogP contribution < -0.4 is 10.6 Å². The summed E-state index contributed by atoms with van der Waals surface area (Å²) in [7, 11) is 1.66. The number of hydrogen-bond donors (Lipinski definition) is 3. The molecule has 2 fully saturated rings. The number of carbonyl (C=O) groups is 2. The molecule has 102 valence electrons. The van der Waals surface area contributed by atoms with Crippen LogP contribution in [0.4, 0.5) is 0 Å². The first-order chi connectivity index (χ1) is 8.57. The van der Waals surface area contributed by atoms with Crippen LogP contribution in [0.15, 0.2) is 0 Å². The van der Waals surface area contributed by atoms with Crippen molar-refractivity contribution in [3.63, 3.8) is 0 Å². The summed E-state index contributed by atoms with van der Waals surface area (Å²) in [5.41, 5.74) is -0.223. The van der Waals surface area contributed by atoms with Gasteiger partial charge in [0.2, 0.25) is 5.91 Å². The van der Waals surface area contributed by atoms with Crippen LogP contribution in [-0.4, -0.2) is 60.6 Å². The highest BCUT2D eigenvalue weighted by molar-refractivity contribution is 5.78. The number of amides is 1. The van der Waals surface area contributed by atoms with Crippen molar-refractivity contribution >= 4 is 11.9 Å². The molecule has 0 saturated carbocycles. The van der Waals surface area contributed by atoms with Crippen molar-refractivity contribution < 1.29 is 14.7 Å². The first kappa shape index (κ1) is 13.3. The van der Waals surface area contributed by atoms with Gasteiger partial charge in [-0.15, -0.1) is 0 Å². The van der Waals surface area contributed by atoms with Crippen LogP contribution in [0.2, 0.25) is 0 Å². The van der Waals surface area contributed by atoms with Gasteiger partial charge in [0.1, 0.15) is 0 Å². The normalized spacial score (nSPS) is 24.3. The summed E-state index contributed by atoms with van der Waals surface area (Å²) < 4.78 is 0. The molecule has 2 aliphatic rings. The Morgan fingerprint density at radius 3 is 2.39 bits per heavy atom. The molecule has 1 amide bonds. The van der Waals surface area contributed by atoms with E-state index in [9.17, 15) is 9.59 Å². The lowest BCUT2D eigenvalue weighted by atomic mass is 9.83. The summed E-state index contributed by atoms with van der Waals surface area (Å²) in [6.45, 7) is 3.11. The number of piperidine rings is 1. The molecular weight excluding hydrogens is 234 g/mol. The maximum atomic E-state index is 11.5. The van der Waals surface area contributed by atoms with Crippen molar-refractivity contribution in [2.24, 2.45) is 5.92 Å². The van der Waals surface area contributed by atoms with E-state index in [1.807, 2.05) is 0 Å². The molecule has 0 unspecified atom stereocenters. The molecule has 3 N–H and O–H groups in total. The van der Waals surface area contributed by atoms with Crippen molar-refractivity contribution in [3.8, 4) is 0 Å². The van der Waals surface area contributed by atoms with Crippen molar-refractivity contribution in [2.75, 3.05) is 33.2 Å². The minimum atomic E-state index is -0.745. The number of hydrogen-bond acceptors (Lipinski definition) is 4. The van der Waals surface area contributed by atoms with Crippen molar-refractivity contribution in [3.05, 3.63) is 0 Å². The highest BCUT2D eigenvalue weighted by atomic mass is 16.4. The van der Waals surface area contributed by atoms with Gasteiger partial charge in [-0.05, 0) is 25.9 Å². The molecule has 0 radical (unpaired) electrons. The maximum absolute atomic E-state index is 11.5. The lowest BCUT2D eigenvalue weighted by molar-refractivity contribution is -0.143. The molecule has 6 nitrogen and oxygen atoms in total. The molecule has 6 heteroatoms. The summed E-state index contributed by atoms with van der Waals surface area (Å²) in [6, 6.07) is 0. The topological polar surface area (TPSA) is 81.7 Å². The third kappa shape index (κ3) is 2.49. The molecule has 0 aliphatic carbocycles. The van der Waals surface area contributed by atoms with Crippen LogP contribution in [0, 0.1) is 5.92 Å². The van der Waals surface area contributed by atoms with Gasteiger partial charge in [-0.3, -0.25) is 14.5 Å². The molecule has 0 atom stereocenters. The van der Waals surface area contributed by atoms with Gasteiger partial charge in [0, 0.05) is 26.1 Å². The summed E-state index contributed by atoms with van der Waals surface area (Å²) in [4.78, 5) is 24.7. The van der Waals surface area contributed by atoms with E-state index in [4.69, 9.17) is 5.11 Å². The number of carbonyl (C=O) groups excluding carboxylic acids is 1. The van der Waals surface area contributed by atoms with E-state index in [-0.39, 0.29) is 23.8 Å². The average molecular weight is 255 g/mol. The van der Waals surface area contributed by atoms with E-state index in [0.29, 0.717) is 0 Å². The van der Waals surface area contributed by atoms with Crippen LogP contribution in [0.25, 0.3) is 0 Å². The van der Waals surface area contributed by atoms with E-state index in [1.54, 1.807) is 7.05 Å². The molecular formula is C12H21N3O3. The highest BCUT2D eigenvalue weighted by Gasteiger charge is 2.45. The molecule has 2 rings (SSSR count). The molecule has 2 aliphatic heterocycles. The lowest BCUT2D eigenvalue weighted by Gasteiger charge is -2.52. The Bertz CT molecular complexity index is 333. The summed E-state index contributed by atoms with van der Waals surface area (Å²) in [5, 5.41) is 14.9. The van der Waals surface area contributed by atoms with Gasteiger partial charge in [-0.1, -0.05) is 0 Å². The van der Waals surface area contributed by atoms with Crippen LogP contribution >= 0.6 is 0 Å². The third-order valence-electron chi connectivity index (χ3n) is 4.17. The fraction of sp³-hybridized carbons (Fsp3) is 0.833. The second-order valence-electron chi connectivity index (χ2n) is 5.27. The Kier molecular flexibility index (Phi) is 3.87. The largest absolute Gasteiger partial charge is 0.481 e. The second-order valence-corrected chi connectivity index (χ2v) is 5.27. The first-order valence-corrected chi connectivity index (χ1v) is 6.46. The zero-order valence-electron chi connectivity index (χ0n) is 10.7. The van der Waals surface area contributed by atoms with Gasteiger partial charge in [0.15, 0.2) is 0 Å². The number of carboxylic acid groups (broad SMARTS) is 1. The van der Waals surface area contributed by atoms with Crippen molar-refractivity contribution in [2.45, 2.75) is 24.8 Å². The zero-order valence-corrected chi connectivity index (χ0v) is 10.7. The van der Waals surface area contributed by atoms with Gasteiger partial charge in [0.05, 0.1) is 12.0 Å². The third-order valence-corrected chi connectivity index (χ3v) is 4.17. The van der Waals surface area contributed by atoms with Crippen molar-refractivity contribution in [1.82, 2.24) is 15.5 Å². The number of rotatable bonds is 4. The molecule has 0 aromatic heterocycles. The minimum absolute atomic E-state index is 0.0844. The smallest absolute Gasteiger partial charge is 0.305 e. The monoisotopic (exact) mass is 255 g/mol. The Morgan fingerprint density at radius 2 is 2.00 bits per heavy atom. The molecule has 0 spiro atoms. The van der Waals surface area contributed by atoms with E-state index < -0.39 is 5.97 Å². The number of nitrogens with one attached hydrogen (secondary N) is 2. The maximum Gasteiger partial charge on any atom is 0.305 e. The molecule has 2 heterocycles. The fourth-order valence-electron chi connectivity index (χ4n) is 2.98. The van der Waals surface area contributed by atoms with Crippen molar-refractivity contribution in [1.29, 1.82) is 0 Å². The Labute approximate surface area is 107 Å². The quantitative estimate of drug-likeness (QED) is 0.616. The predicted molar refractivity (Wildman–Crippen MR) is 66.2 cm³/mol. The fourth-order valence-corrected chi connectivity index (χ4v) is 2.98. The molecule has 2 saturated heterocycles. The molecule has 18 heavy (non-hydrogen) atoms. The van der Waals surface area contributed by atoms with Crippen LogP contribution in [0.1, 0.15) is 19.3 Å². The number of carboxylic acids is 1. The first-order valence-electron chi connectivity index (χ1n) is 6.46. The van der Waals surface area contributed by atoms with Gasteiger partial charge < -0.3 is 15.7 Å². The highest BCUT2D eigenvalue weighted by Crippen LogP contribution is 2.30. The second kappa shape index (κ2) is 5.24. The average Bonchev–Trinajstić information content (AvgIpc) is 2.33. The number of nitrogens with zero attached hydrogens (tertiary/aromatic N) is 1. The SMILES string of the molecule is CNC(=O)C1CCN(C2(CC(=O)O)CNC2)CC1. The van der Waals surface area contributed by atoms with Crippen LogP contribution in [0.3, 0.4) is 0 Å². The number of aliphatic carboxylic acids is 1. The zero-order chi connectivity index (χ0) is 13.2. The van der Waals surface area contributed by atoms with Crippen LogP contribution in [0.5, 0.6) is 0 Å². The van der Waals surface area contributed by atoms with Crippen LogP contribution in [-0.2, 0) is 9.59 Å². The molecule has 0 aromatic rings. The Hall–Kier alpha value is -1.14. The van der Waals surface area contributed by atoms with Gasteiger partial charge in [-0.2, -0.15) is 0 Å². The predicted octanol–water partition coefficient (Wildman–Crippen LogP) is -0.739. The van der Waals surface area contributed by atoms with E-state index in [0.717, 1.165) is 39.0 Å². The molecule has 0 aromatic carbocycles. The number of likely N-dealkylation sites (tertiary alicyclic amines) is 1. The molecule has 0 bridgehead atoms. The standard InChI is InChI=1S/C12H21N3O3/c1-13-11(18)9-2-4-15(5-3-9)12(6-10(16)17)7-14-8-12/h9,14H,2-8H2,1H3,(H,13,18)(H,16,17). The summed E-state index contributed by atoms with van der Waals surface area (Å²) in [6.07, 6.45) is 1.83. The van der Waals surface area contributed by atoms with E-state index >= 15 is 0 Å². The Balaban J connectivity index is 1.92. The lowest BCUT2D eigenvalue weighted by Crippen LogP contribution is -2.70. The van der Waals surface area contributed by atoms with E-state index in [2.05, 4.69) is 15.5 Å². The van der Waals surface area contributed by atoms with Gasteiger partial charge in [-0.25, -0.2) is 0 Å². The summed E-state index contributed by atoms with van der Waals surface area (Å²) >= 11 is 0. The minimum Gasteiger partial charge on any atom is -0.481 e. The van der Waals surface area contributed by atoms with E-state index in [1.165, 1.54) is 0 Å².